The number of nitrogens with zero attached hydrogens (tertiary/aromatic N) is 1. The summed E-state index contributed by atoms with van der Waals surface area (Å²) in [6, 6.07) is 7.92. The normalized spacial score (nSPS) is 38.9. The Kier molecular flexibility index (Phi) is 9.29. The number of terminal acetylenes is 1. The molecule has 4 fully saturated rings. The van der Waals surface area contributed by atoms with E-state index in [1.54, 1.807) is 4.90 Å². The largest absolute Gasteiger partial charge is 0.428 e. The standard InChI is InChI=1S/C38H53NO6/c1-5-20-39(33-16-11-25-8-6-7-9-28(25)33)36(43)45-23-44-35(42)17-10-24(2)30-14-15-31-29-13-12-26-21-27(40)18-19-37(26,3)32(29)22-34(41)38(30,31)4/h1,6-9,24,26-27,29-34,40-41H,10-23H2,2-4H3/t24-,26-,27-,29+,30-,31+,32+,33-,34+,37+,38-/m1/s1. The van der Waals surface area contributed by atoms with Gasteiger partial charge in [-0.05, 0) is 128 Å². The molecule has 5 aliphatic carbocycles. The number of fused-ring (bicyclic) bond motifs is 6. The van der Waals surface area contributed by atoms with Crippen molar-refractivity contribution in [3.63, 3.8) is 0 Å². The van der Waals surface area contributed by atoms with E-state index in [1.165, 1.54) is 18.4 Å². The number of aliphatic hydroxyl groups excluding tert-OH is 2. The molecule has 246 valence electrons. The average molecular weight is 620 g/mol. The Morgan fingerprint density at radius 2 is 1.84 bits per heavy atom. The number of rotatable bonds is 8. The number of carbonyl (C=O) groups excluding carboxylic acids is 2. The highest BCUT2D eigenvalue weighted by atomic mass is 16.7. The van der Waals surface area contributed by atoms with E-state index in [-0.39, 0.29) is 53.9 Å². The maximum atomic E-state index is 12.9. The van der Waals surface area contributed by atoms with Gasteiger partial charge in [0, 0.05) is 6.42 Å². The molecular weight excluding hydrogens is 566 g/mol. The van der Waals surface area contributed by atoms with Gasteiger partial charge < -0.3 is 19.7 Å². The number of ether oxygens (including phenoxy) is 2. The third kappa shape index (κ3) is 5.80. The molecule has 1 amide bonds. The summed E-state index contributed by atoms with van der Waals surface area (Å²) in [6.07, 6.45) is 15.5. The molecule has 1 aromatic rings. The van der Waals surface area contributed by atoms with Gasteiger partial charge in [0.2, 0.25) is 6.79 Å². The maximum absolute atomic E-state index is 12.9. The lowest BCUT2D eigenvalue weighted by molar-refractivity contribution is -0.175. The van der Waals surface area contributed by atoms with Crippen LogP contribution in [0.15, 0.2) is 24.3 Å². The first-order valence-corrected chi connectivity index (χ1v) is 17.5. The van der Waals surface area contributed by atoms with Crippen molar-refractivity contribution >= 4 is 12.1 Å². The fourth-order valence-electron chi connectivity index (χ4n) is 11.3. The molecule has 4 saturated carbocycles. The Hall–Kier alpha value is -2.56. The molecule has 7 heteroatoms. The van der Waals surface area contributed by atoms with E-state index in [0.29, 0.717) is 36.0 Å². The van der Waals surface area contributed by atoms with Gasteiger partial charge in [0.25, 0.3) is 0 Å². The van der Waals surface area contributed by atoms with Gasteiger partial charge in [0.1, 0.15) is 0 Å². The third-order valence-electron chi connectivity index (χ3n) is 13.7. The molecule has 0 aromatic heterocycles. The van der Waals surface area contributed by atoms with Crippen LogP contribution in [0.25, 0.3) is 0 Å². The van der Waals surface area contributed by atoms with E-state index in [9.17, 15) is 19.8 Å². The van der Waals surface area contributed by atoms with E-state index >= 15 is 0 Å². The molecule has 0 aliphatic heterocycles. The first-order chi connectivity index (χ1) is 21.6. The van der Waals surface area contributed by atoms with Crippen molar-refractivity contribution in [1.82, 2.24) is 4.90 Å². The lowest BCUT2D eigenvalue weighted by atomic mass is 9.43. The zero-order chi connectivity index (χ0) is 31.9. The zero-order valence-electron chi connectivity index (χ0n) is 27.5. The van der Waals surface area contributed by atoms with Crippen LogP contribution < -0.4 is 0 Å². The van der Waals surface area contributed by atoms with E-state index in [4.69, 9.17) is 15.9 Å². The minimum atomic E-state index is -0.572. The first kappa shape index (κ1) is 32.4. The number of esters is 1. The predicted molar refractivity (Wildman–Crippen MR) is 171 cm³/mol. The number of hydrogen-bond acceptors (Lipinski definition) is 6. The van der Waals surface area contributed by atoms with Crippen molar-refractivity contribution in [2.24, 2.45) is 46.3 Å². The molecule has 0 unspecified atom stereocenters. The van der Waals surface area contributed by atoms with Gasteiger partial charge in [-0.1, -0.05) is 51.0 Å². The number of benzene rings is 1. The van der Waals surface area contributed by atoms with Crippen LogP contribution >= 0.6 is 0 Å². The second kappa shape index (κ2) is 12.9. The van der Waals surface area contributed by atoms with Crippen LogP contribution in [0.4, 0.5) is 4.79 Å². The maximum Gasteiger partial charge on any atom is 0.413 e. The Morgan fingerprint density at radius 3 is 2.64 bits per heavy atom. The highest BCUT2D eigenvalue weighted by molar-refractivity contribution is 5.71. The first-order valence-electron chi connectivity index (χ1n) is 17.5. The number of amides is 1. The summed E-state index contributed by atoms with van der Waals surface area (Å²) in [4.78, 5) is 27.2. The monoisotopic (exact) mass is 619 g/mol. The zero-order valence-corrected chi connectivity index (χ0v) is 27.5. The molecule has 0 spiro atoms. The van der Waals surface area contributed by atoms with Gasteiger partial charge in [0.15, 0.2) is 0 Å². The summed E-state index contributed by atoms with van der Waals surface area (Å²) >= 11 is 0. The van der Waals surface area contributed by atoms with Gasteiger partial charge in [0.05, 0.1) is 24.8 Å². The summed E-state index contributed by atoms with van der Waals surface area (Å²) in [5, 5.41) is 22.2. The van der Waals surface area contributed by atoms with Crippen molar-refractivity contribution in [2.45, 2.75) is 116 Å². The van der Waals surface area contributed by atoms with Crippen LogP contribution in [0, 0.1) is 58.7 Å². The van der Waals surface area contributed by atoms with E-state index in [2.05, 4.69) is 32.8 Å². The summed E-state index contributed by atoms with van der Waals surface area (Å²) < 4.78 is 10.7. The highest BCUT2D eigenvalue weighted by Crippen LogP contribution is 2.68. The molecule has 11 atom stereocenters. The summed E-state index contributed by atoms with van der Waals surface area (Å²) in [7, 11) is 0. The van der Waals surface area contributed by atoms with E-state index in [1.807, 2.05) is 18.2 Å². The molecule has 2 N–H and O–H groups in total. The van der Waals surface area contributed by atoms with Crippen molar-refractivity contribution in [3.8, 4) is 12.3 Å². The summed E-state index contributed by atoms with van der Waals surface area (Å²) in [5.74, 6) is 5.06. The summed E-state index contributed by atoms with van der Waals surface area (Å²) in [5.41, 5.74) is 2.39. The van der Waals surface area contributed by atoms with Crippen molar-refractivity contribution in [3.05, 3.63) is 35.4 Å². The van der Waals surface area contributed by atoms with E-state index in [0.717, 1.165) is 56.9 Å². The van der Waals surface area contributed by atoms with E-state index < -0.39 is 12.9 Å². The van der Waals surface area contributed by atoms with Crippen LogP contribution in [0.2, 0.25) is 0 Å². The van der Waals surface area contributed by atoms with Crippen LogP contribution in [0.5, 0.6) is 0 Å². The van der Waals surface area contributed by atoms with Gasteiger partial charge in [-0.3, -0.25) is 9.69 Å². The van der Waals surface area contributed by atoms with Crippen molar-refractivity contribution in [2.75, 3.05) is 13.3 Å². The fourth-order valence-corrected chi connectivity index (χ4v) is 11.3. The minimum absolute atomic E-state index is 0.126. The molecule has 1 aromatic carbocycles. The van der Waals surface area contributed by atoms with Crippen LogP contribution in [0.1, 0.15) is 109 Å². The minimum Gasteiger partial charge on any atom is -0.428 e. The molecule has 7 nitrogen and oxygen atoms in total. The number of hydrogen-bond donors (Lipinski definition) is 2. The second-order valence-electron chi connectivity index (χ2n) is 15.5. The highest BCUT2D eigenvalue weighted by Gasteiger charge is 2.63. The lowest BCUT2D eigenvalue weighted by Gasteiger charge is -2.62. The molecule has 0 saturated heterocycles. The second-order valence-corrected chi connectivity index (χ2v) is 15.5. The molecule has 0 bridgehead atoms. The van der Waals surface area contributed by atoms with Gasteiger partial charge in [-0.25, -0.2) is 4.79 Å². The third-order valence-corrected chi connectivity index (χ3v) is 13.7. The Balaban J connectivity index is 1.00. The number of carbonyl (C=O) groups is 2. The Labute approximate surface area is 269 Å². The number of aliphatic hydroxyl groups is 2. The van der Waals surface area contributed by atoms with Crippen molar-refractivity contribution < 1.29 is 29.3 Å². The Morgan fingerprint density at radius 1 is 1.04 bits per heavy atom. The Bertz CT molecular complexity index is 1290. The van der Waals surface area contributed by atoms with Crippen LogP contribution in [-0.2, 0) is 20.7 Å². The number of aryl methyl sites for hydroxylation is 1. The lowest BCUT2D eigenvalue weighted by Crippen LogP contribution is -2.58. The van der Waals surface area contributed by atoms with Gasteiger partial charge in [-0.2, -0.15) is 0 Å². The molecular formula is C38H53NO6. The van der Waals surface area contributed by atoms with Gasteiger partial charge >= 0.3 is 12.1 Å². The van der Waals surface area contributed by atoms with Crippen LogP contribution in [-0.4, -0.2) is 52.7 Å². The molecule has 6 rings (SSSR count). The molecule has 45 heavy (non-hydrogen) atoms. The molecule has 0 radical (unpaired) electrons. The van der Waals surface area contributed by atoms with Crippen LogP contribution in [0.3, 0.4) is 0 Å². The van der Waals surface area contributed by atoms with Gasteiger partial charge in [-0.15, -0.1) is 6.42 Å². The SMILES string of the molecule is C#CCN(C(=O)OCOC(=O)CC[C@@H](C)[C@H]1CC[C@H]2[C@@H]3CC[C@@H]4C[C@H](O)CC[C@]4(C)[C@H]3C[C@H](O)[C@]12C)[C@@H]1CCc2ccccc21. The topological polar surface area (TPSA) is 96.3 Å². The smallest absolute Gasteiger partial charge is 0.413 e. The molecule has 5 aliphatic rings. The predicted octanol–water partition coefficient (Wildman–Crippen LogP) is 6.65. The molecule has 0 heterocycles. The fraction of sp³-hybridized carbons (Fsp3) is 0.737. The van der Waals surface area contributed by atoms with Crippen molar-refractivity contribution in [1.29, 1.82) is 0 Å². The summed E-state index contributed by atoms with van der Waals surface area (Å²) in [6.45, 7) is 6.70. The average Bonchev–Trinajstić information content (AvgIpc) is 3.61. The quantitative estimate of drug-likeness (QED) is 0.192.